The zero-order valence-electron chi connectivity index (χ0n) is 10.4. The molecule has 0 saturated heterocycles. The van der Waals surface area contributed by atoms with E-state index in [1.165, 1.54) is 17.3 Å². The molecule has 0 amide bonds. The SMILES string of the molecule is Cc1ccc(Sc2nc3ccccc3[nH]c2=O)cc1. The van der Waals surface area contributed by atoms with Gasteiger partial charge in [0.1, 0.15) is 0 Å². The lowest BCUT2D eigenvalue weighted by Gasteiger charge is -2.02. The number of aromatic amines is 1. The number of aryl methyl sites for hydroxylation is 1. The molecule has 94 valence electrons. The Kier molecular flexibility index (Phi) is 3.09. The van der Waals surface area contributed by atoms with E-state index >= 15 is 0 Å². The predicted octanol–water partition coefficient (Wildman–Crippen LogP) is 3.38. The third-order valence-electron chi connectivity index (χ3n) is 2.80. The van der Waals surface area contributed by atoms with Gasteiger partial charge in [-0.15, -0.1) is 0 Å². The van der Waals surface area contributed by atoms with E-state index in [0.29, 0.717) is 5.03 Å². The minimum atomic E-state index is -0.149. The van der Waals surface area contributed by atoms with Gasteiger partial charge in [0.25, 0.3) is 5.56 Å². The molecule has 1 aromatic heterocycles. The molecule has 3 aromatic rings. The van der Waals surface area contributed by atoms with Crippen molar-refractivity contribution in [3.8, 4) is 0 Å². The summed E-state index contributed by atoms with van der Waals surface area (Å²) in [5, 5.41) is 0.475. The molecule has 19 heavy (non-hydrogen) atoms. The van der Waals surface area contributed by atoms with Crippen LogP contribution in [0.4, 0.5) is 0 Å². The summed E-state index contributed by atoms with van der Waals surface area (Å²) in [4.78, 5) is 20.2. The summed E-state index contributed by atoms with van der Waals surface area (Å²) in [5.41, 5.74) is 2.62. The molecular weight excluding hydrogens is 256 g/mol. The lowest BCUT2D eigenvalue weighted by atomic mass is 10.2. The Bertz CT molecular complexity index is 778. The number of hydrogen-bond donors (Lipinski definition) is 1. The lowest BCUT2D eigenvalue weighted by molar-refractivity contribution is 1.05. The smallest absolute Gasteiger partial charge is 0.281 e. The quantitative estimate of drug-likeness (QED) is 0.775. The van der Waals surface area contributed by atoms with Crippen LogP contribution < -0.4 is 5.56 Å². The van der Waals surface area contributed by atoms with Gasteiger partial charge in [0.2, 0.25) is 0 Å². The van der Waals surface area contributed by atoms with E-state index in [9.17, 15) is 4.79 Å². The van der Waals surface area contributed by atoms with E-state index in [0.717, 1.165) is 15.9 Å². The number of aromatic nitrogens is 2. The first-order valence-corrected chi connectivity index (χ1v) is 6.77. The highest BCUT2D eigenvalue weighted by Crippen LogP contribution is 2.24. The van der Waals surface area contributed by atoms with Crippen molar-refractivity contribution >= 4 is 22.8 Å². The molecule has 0 aliphatic rings. The molecule has 0 bridgehead atoms. The molecule has 0 aliphatic carbocycles. The van der Waals surface area contributed by atoms with Crippen LogP contribution in [0.25, 0.3) is 11.0 Å². The summed E-state index contributed by atoms with van der Waals surface area (Å²) in [5.74, 6) is 0. The second-order valence-corrected chi connectivity index (χ2v) is 5.37. The molecular formula is C15H12N2OS. The molecule has 0 spiro atoms. The number of hydrogen-bond acceptors (Lipinski definition) is 3. The molecule has 0 aliphatic heterocycles. The third-order valence-corrected chi connectivity index (χ3v) is 3.78. The molecule has 0 fully saturated rings. The molecule has 0 radical (unpaired) electrons. The fourth-order valence-electron chi connectivity index (χ4n) is 1.80. The van der Waals surface area contributed by atoms with Crippen LogP contribution in [-0.4, -0.2) is 9.97 Å². The average molecular weight is 268 g/mol. The number of nitrogens with zero attached hydrogens (tertiary/aromatic N) is 1. The topological polar surface area (TPSA) is 45.8 Å². The van der Waals surface area contributed by atoms with Gasteiger partial charge in [0.05, 0.1) is 11.0 Å². The number of rotatable bonds is 2. The lowest BCUT2D eigenvalue weighted by Crippen LogP contribution is -2.10. The Balaban J connectivity index is 2.03. The summed E-state index contributed by atoms with van der Waals surface area (Å²) >= 11 is 1.38. The van der Waals surface area contributed by atoms with Crippen LogP contribution in [0.5, 0.6) is 0 Å². The summed E-state index contributed by atoms with van der Waals surface area (Å²) in [7, 11) is 0. The van der Waals surface area contributed by atoms with E-state index in [2.05, 4.69) is 9.97 Å². The largest absolute Gasteiger partial charge is 0.318 e. The van der Waals surface area contributed by atoms with Crippen LogP contribution in [0.1, 0.15) is 5.56 Å². The fourth-order valence-corrected chi connectivity index (χ4v) is 2.58. The second-order valence-electron chi connectivity index (χ2n) is 4.30. The Morgan fingerprint density at radius 1 is 1.05 bits per heavy atom. The number of para-hydroxylation sites is 2. The van der Waals surface area contributed by atoms with Gasteiger partial charge in [0, 0.05) is 4.90 Å². The van der Waals surface area contributed by atoms with E-state index in [1.54, 1.807) is 0 Å². The standard InChI is InChI=1S/C15H12N2OS/c1-10-6-8-11(9-7-10)19-15-14(18)16-12-4-2-3-5-13(12)17-15/h2-9H,1H3,(H,16,18). The molecule has 0 unspecified atom stereocenters. The van der Waals surface area contributed by atoms with Gasteiger partial charge in [-0.05, 0) is 31.2 Å². The van der Waals surface area contributed by atoms with E-state index in [-0.39, 0.29) is 5.56 Å². The Morgan fingerprint density at radius 2 is 1.79 bits per heavy atom. The van der Waals surface area contributed by atoms with E-state index in [4.69, 9.17) is 0 Å². The highest BCUT2D eigenvalue weighted by molar-refractivity contribution is 7.99. The highest BCUT2D eigenvalue weighted by Gasteiger charge is 2.06. The number of H-pyrrole nitrogens is 1. The van der Waals surface area contributed by atoms with Gasteiger partial charge in [-0.3, -0.25) is 4.79 Å². The molecule has 1 N–H and O–H groups in total. The van der Waals surface area contributed by atoms with Crippen molar-refractivity contribution in [3.05, 3.63) is 64.4 Å². The van der Waals surface area contributed by atoms with Crippen molar-refractivity contribution in [2.45, 2.75) is 16.8 Å². The minimum Gasteiger partial charge on any atom is -0.318 e. The van der Waals surface area contributed by atoms with Crippen molar-refractivity contribution in [2.24, 2.45) is 0 Å². The maximum Gasteiger partial charge on any atom is 0.281 e. The van der Waals surface area contributed by atoms with Crippen LogP contribution >= 0.6 is 11.8 Å². The van der Waals surface area contributed by atoms with Gasteiger partial charge in [-0.1, -0.05) is 41.6 Å². The Hall–Kier alpha value is -2.07. The minimum absolute atomic E-state index is 0.149. The molecule has 3 rings (SSSR count). The normalized spacial score (nSPS) is 10.8. The monoisotopic (exact) mass is 268 g/mol. The fraction of sp³-hybridized carbons (Fsp3) is 0.0667. The van der Waals surface area contributed by atoms with E-state index in [1.807, 2.05) is 55.5 Å². The number of nitrogens with one attached hydrogen (secondary N) is 1. The van der Waals surface area contributed by atoms with Crippen LogP contribution in [-0.2, 0) is 0 Å². The molecule has 4 heteroatoms. The number of fused-ring (bicyclic) bond motifs is 1. The van der Waals surface area contributed by atoms with Crippen LogP contribution in [0, 0.1) is 6.92 Å². The molecule has 0 saturated carbocycles. The van der Waals surface area contributed by atoms with Crippen molar-refractivity contribution in [1.29, 1.82) is 0 Å². The van der Waals surface area contributed by atoms with Crippen molar-refractivity contribution in [2.75, 3.05) is 0 Å². The third kappa shape index (κ3) is 2.53. The molecule has 2 aromatic carbocycles. The first kappa shape index (κ1) is 12.0. The summed E-state index contributed by atoms with van der Waals surface area (Å²) in [6, 6.07) is 15.6. The van der Waals surface area contributed by atoms with Gasteiger partial charge in [-0.2, -0.15) is 0 Å². The van der Waals surface area contributed by atoms with Crippen LogP contribution in [0.3, 0.4) is 0 Å². The van der Waals surface area contributed by atoms with Crippen molar-refractivity contribution in [3.63, 3.8) is 0 Å². The van der Waals surface area contributed by atoms with Gasteiger partial charge < -0.3 is 4.98 Å². The van der Waals surface area contributed by atoms with Gasteiger partial charge in [-0.25, -0.2) is 4.98 Å². The maximum atomic E-state index is 12.0. The first-order chi connectivity index (χ1) is 9.22. The first-order valence-electron chi connectivity index (χ1n) is 5.96. The predicted molar refractivity (Wildman–Crippen MR) is 77.7 cm³/mol. The summed E-state index contributed by atoms with van der Waals surface area (Å²) in [6.45, 7) is 2.04. The van der Waals surface area contributed by atoms with E-state index < -0.39 is 0 Å². The Morgan fingerprint density at radius 3 is 2.58 bits per heavy atom. The molecule has 1 heterocycles. The van der Waals surface area contributed by atoms with Gasteiger partial charge >= 0.3 is 0 Å². The van der Waals surface area contributed by atoms with Crippen LogP contribution in [0.2, 0.25) is 0 Å². The Labute approximate surface area is 114 Å². The van der Waals surface area contributed by atoms with Crippen molar-refractivity contribution in [1.82, 2.24) is 9.97 Å². The van der Waals surface area contributed by atoms with Gasteiger partial charge in [0.15, 0.2) is 5.03 Å². The number of benzene rings is 2. The highest BCUT2D eigenvalue weighted by atomic mass is 32.2. The van der Waals surface area contributed by atoms with Crippen LogP contribution in [0.15, 0.2) is 63.2 Å². The summed E-state index contributed by atoms with van der Waals surface area (Å²) in [6.07, 6.45) is 0. The average Bonchev–Trinajstić information content (AvgIpc) is 2.42. The maximum absolute atomic E-state index is 12.0. The zero-order chi connectivity index (χ0) is 13.2. The molecule has 0 atom stereocenters. The van der Waals surface area contributed by atoms with Crippen molar-refractivity contribution < 1.29 is 0 Å². The summed E-state index contributed by atoms with van der Waals surface area (Å²) < 4.78 is 0. The second kappa shape index (κ2) is 4.90. The molecule has 3 nitrogen and oxygen atoms in total. The zero-order valence-corrected chi connectivity index (χ0v) is 11.2.